The summed E-state index contributed by atoms with van der Waals surface area (Å²) < 4.78 is 0. The van der Waals surface area contributed by atoms with Crippen molar-refractivity contribution < 1.29 is 4.79 Å². The molecule has 1 atom stereocenters. The summed E-state index contributed by atoms with van der Waals surface area (Å²) in [4.78, 5) is 10.4. The van der Waals surface area contributed by atoms with Gasteiger partial charge in [-0.2, -0.15) is 0 Å². The van der Waals surface area contributed by atoms with E-state index < -0.39 is 5.54 Å². The van der Waals surface area contributed by atoms with E-state index in [1.807, 2.05) is 6.92 Å². The van der Waals surface area contributed by atoms with E-state index in [0.29, 0.717) is 6.42 Å². The van der Waals surface area contributed by atoms with Crippen molar-refractivity contribution in [3.8, 4) is 0 Å². The van der Waals surface area contributed by atoms with Crippen molar-refractivity contribution in [1.82, 2.24) is 0 Å². The fraction of sp³-hybridized carbons (Fsp3) is 0.800. The van der Waals surface area contributed by atoms with Crippen LogP contribution in [0.3, 0.4) is 0 Å². The maximum absolute atomic E-state index is 10.4. The third-order valence-corrected chi connectivity index (χ3v) is 1.67. The highest BCUT2D eigenvalue weighted by Gasteiger charge is 2.22. The highest BCUT2D eigenvalue weighted by molar-refractivity contribution is 7.96. The molecule has 0 bridgehead atoms. The SMILES string of the molecule is CCC(C)(N)C(=O)[S]. The lowest BCUT2D eigenvalue weighted by Crippen LogP contribution is -2.41. The van der Waals surface area contributed by atoms with Gasteiger partial charge in [0.1, 0.15) is 0 Å². The molecule has 0 aliphatic heterocycles. The van der Waals surface area contributed by atoms with E-state index in [2.05, 4.69) is 12.6 Å². The second-order valence-corrected chi connectivity index (χ2v) is 2.43. The molecule has 1 radical (unpaired) electrons. The van der Waals surface area contributed by atoms with Crippen LogP contribution < -0.4 is 5.73 Å². The number of hydrogen-bond donors (Lipinski definition) is 1. The standard InChI is InChI=1S/C5H10NOS/c1-3-5(2,6)4(7)8/h3,6H2,1-2H3. The lowest BCUT2D eigenvalue weighted by atomic mass is 10.0. The molecule has 0 aromatic heterocycles. The summed E-state index contributed by atoms with van der Waals surface area (Å²) in [7, 11) is 0. The second-order valence-electron chi connectivity index (χ2n) is 2.06. The number of rotatable bonds is 2. The average Bonchev–Trinajstić information content (AvgIpc) is 1.67. The van der Waals surface area contributed by atoms with Crippen LogP contribution in [0.5, 0.6) is 0 Å². The Morgan fingerprint density at radius 2 is 2.25 bits per heavy atom. The normalized spacial score (nSPS) is 17.4. The Bertz CT molecular complexity index is 101. The Kier molecular flexibility index (Phi) is 2.37. The van der Waals surface area contributed by atoms with Gasteiger partial charge < -0.3 is 5.73 Å². The zero-order valence-corrected chi connectivity index (χ0v) is 5.92. The van der Waals surface area contributed by atoms with Gasteiger partial charge >= 0.3 is 0 Å². The zero-order chi connectivity index (χ0) is 6.78. The van der Waals surface area contributed by atoms with Crippen LogP contribution in [-0.2, 0) is 4.79 Å². The minimum absolute atomic E-state index is 0.361. The third-order valence-electron chi connectivity index (χ3n) is 1.20. The summed E-state index contributed by atoms with van der Waals surface area (Å²) >= 11 is 4.35. The van der Waals surface area contributed by atoms with Crippen molar-refractivity contribution in [1.29, 1.82) is 0 Å². The zero-order valence-electron chi connectivity index (χ0n) is 5.10. The Balaban J connectivity index is 3.91. The first kappa shape index (κ1) is 7.85. The van der Waals surface area contributed by atoms with Gasteiger partial charge in [-0.15, -0.1) is 0 Å². The minimum atomic E-state index is -0.782. The highest BCUT2D eigenvalue weighted by atomic mass is 32.1. The molecule has 47 valence electrons. The molecule has 1 unspecified atom stereocenters. The van der Waals surface area contributed by atoms with Gasteiger partial charge in [0.15, 0.2) is 0 Å². The molecular weight excluding hydrogens is 122 g/mol. The number of hydrogen-bond acceptors (Lipinski definition) is 2. The fourth-order valence-corrected chi connectivity index (χ4v) is 0.289. The summed E-state index contributed by atoms with van der Waals surface area (Å²) in [6.07, 6.45) is 0.606. The van der Waals surface area contributed by atoms with Gasteiger partial charge in [0.05, 0.1) is 5.54 Å². The van der Waals surface area contributed by atoms with Crippen molar-refractivity contribution in [2.75, 3.05) is 0 Å². The largest absolute Gasteiger partial charge is 0.318 e. The van der Waals surface area contributed by atoms with E-state index in [4.69, 9.17) is 5.73 Å². The molecule has 0 fully saturated rings. The van der Waals surface area contributed by atoms with Crippen molar-refractivity contribution in [2.24, 2.45) is 5.73 Å². The molecule has 0 aromatic rings. The maximum Gasteiger partial charge on any atom is 0.238 e. The Morgan fingerprint density at radius 1 is 1.88 bits per heavy atom. The first-order valence-corrected chi connectivity index (χ1v) is 2.92. The topological polar surface area (TPSA) is 43.1 Å². The van der Waals surface area contributed by atoms with Crippen LogP contribution in [0, 0.1) is 0 Å². The van der Waals surface area contributed by atoms with Gasteiger partial charge in [0.25, 0.3) is 0 Å². The molecule has 0 aliphatic carbocycles. The van der Waals surface area contributed by atoms with Crippen LogP contribution in [0.4, 0.5) is 0 Å². The lowest BCUT2D eigenvalue weighted by Gasteiger charge is -2.15. The molecule has 0 aliphatic rings. The van der Waals surface area contributed by atoms with E-state index in [1.165, 1.54) is 0 Å². The third kappa shape index (κ3) is 1.76. The van der Waals surface area contributed by atoms with Crippen molar-refractivity contribution in [3.05, 3.63) is 0 Å². The van der Waals surface area contributed by atoms with Crippen LogP contribution in [0.15, 0.2) is 0 Å². The van der Waals surface area contributed by atoms with Gasteiger partial charge in [-0.05, 0) is 26.0 Å². The molecule has 2 nitrogen and oxygen atoms in total. The maximum atomic E-state index is 10.4. The molecule has 0 saturated carbocycles. The molecule has 0 spiro atoms. The molecule has 2 N–H and O–H groups in total. The van der Waals surface area contributed by atoms with E-state index in [9.17, 15) is 4.79 Å². The fourth-order valence-electron chi connectivity index (χ4n) is 0.144. The highest BCUT2D eigenvalue weighted by Crippen LogP contribution is 2.07. The van der Waals surface area contributed by atoms with Crippen LogP contribution in [0.25, 0.3) is 0 Å². The lowest BCUT2D eigenvalue weighted by molar-refractivity contribution is -0.114. The van der Waals surface area contributed by atoms with Crippen molar-refractivity contribution in [2.45, 2.75) is 25.8 Å². The molecule has 0 heterocycles. The van der Waals surface area contributed by atoms with Gasteiger partial charge in [-0.3, -0.25) is 4.79 Å². The monoisotopic (exact) mass is 132 g/mol. The van der Waals surface area contributed by atoms with E-state index in [-0.39, 0.29) is 5.12 Å². The molecular formula is C5H10NOS. The molecule has 3 heteroatoms. The predicted octanol–water partition coefficient (Wildman–Crippen LogP) is 0.838. The summed E-state index contributed by atoms with van der Waals surface area (Å²) in [5.41, 5.74) is 4.62. The summed E-state index contributed by atoms with van der Waals surface area (Å²) in [5, 5.41) is -0.361. The average molecular weight is 132 g/mol. The Labute approximate surface area is 54.9 Å². The summed E-state index contributed by atoms with van der Waals surface area (Å²) in [6.45, 7) is 3.48. The van der Waals surface area contributed by atoms with Gasteiger partial charge in [-0.25, -0.2) is 0 Å². The first-order valence-electron chi connectivity index (χ1n) is 2.51. The van der Waals surface area contributed by atoms with Gasteiger partial charge in [-0.1, -0.05) is 6.92 Å². The van der Waals surface area contributed by atoms with Crippen LogP contribution in [0.2, 0.25) is 0 Å². The smallest absolute Gasteiger partial charge is 0.238 e. The van der Waals surface area contributed by atoms with E-state index >= 15 is 0 Å². The number of carbonyl (C=O) groups excluding carboxylic acids is 1. The van der Waals surface area contributed by atoms with Crippen LogP contribution >= 0.6 is 12.6 Å². The quantitative estimate of drug-likeness (QED) is 0.605. The predicted molar refractivity (Wildman–Crippen MR) is 35.5 cm³/mol. The first-order chi connectivity index (χ1) is 3.50. The Hall–Kier alpha value is -0.150. The molecule has 0 amide bonds. The molecule has 8 heavy (non-hydrogen) atoms. The Morgan fingerprint density at radius 3 is 2.25 bits per heavy atom. The van der Waals surface area contributed by atoms with E-state index in [0.717, 1.165) is 0 Å². The van der Waals surface area contributed by atoms with Gasteiger partial charge in [0, 0.05) is 0 Å². The minimum Gasteiger partial charge on any atom is -0.318 e. The van der Waals surface area contributed by atoms with Gasteiger partial charge in [0.2, 0.25) is 5.12 Å². The molecule has 0 rings (SSSR count). The molecule has 0 aromatic carbocycles. The van der Waals surface area contributed by atoms with Crippen LogP contribution in [-0.4, -0.2) is 10.7 Å². The van der Waals surface area contributed by atoms with Crippen molar-refractivity contribution >= 4 is 17.7 Å². The summed E-state index contributed by atoms with van der Waals surface area (Å²) in [6, 6.07) is 0. The number of nitrogens with two attached hydrogens (primary N) is 1. The summed E-state index contributed by atoms with van der Waals surface area (Å²) in [5.74, 6) is 0. The van der Waals surface area contributed by atoms with E-state index in [1.54, 1.807) is 6.92 Å². The second kappa shape index (κ2) is 2.42. The molecule has 0 saturated heterocycles. The van der Waals surface area contributed by atoms with Crippen molar-refractivity contribution in [3.63, 3.8) is 0 Å². The number of carbonyl (C=O) groups is 1. The van der Waals surface area contributed by atoms with Crippen LogP contribution in [0.1, 0.15) is 20.3 Å².